The number of hydrogen-bond donors (Lipinski definition) is 2. The lowest BCUT2D eigenvalue weighted by Gasteiger charge is -2.02. The summed E-state index contributed by atoms with van der Waals surface area (Å²) in [5.74, 6) is 0.157. The minimum absolute atomic E-state index is 0.157. The van der Waals surface area contributed by atoms with E-state index in [1.807, 2.05) is 0 Å². The van der Waals surface area contributed by atoms with E-state index < -0.39 is 0 Å². The molecule has 72 valence electrons. The predicted octanol–water partition coefficient (Wildman–Crippen LogP) is 0.334. The van der Waals surface area contributed by atoms with Gasteiger partial charge in [-0.25, -0.2) is 0 Å². The van der Waals surface area contributed by atoms with Gasteiger partial charge in [0.1, 0.15) is 0 Å². The first-order valence-corrected chi connectivity index (χ1v) is 5.41. The number of anilines is 1. The van der Waals surface area contributed by atoms with Crippen LogP contribution in [-0.4, -0.2) is 21.9 Å². The third-order valence-electron chi connectivity index (χ3n) is 1.36. The standard InChI is InChI=1S/C6H10N4OS2/c1-3(4(7)11)2-12-6-10-9-5(8)13-6/h3H,2H2,1H3,(H2,7,11)(H2,8,9). The summed E-state index contributed by atoms with van der Waals surface area (Å²) < 4.78 is 0.769. The van der Waals surface area contributed by atoms with Crippen LogP contribution in [0.25, 0.3) is 0 Å². The van der Waals surface area contributed by atoms with Crippen LogP contribution in [0.3, 0.4) is 0 Å². The van der Waals surface area contributed by atoms with Crippen molar-refractivity contribution in [3.63, 3.8) is 0 Å². The molecular weight excluding hydrogens is 208 g/mol. The Balaban J connectivity index is 2.39. The van der Waals surface area contributed by atoms with Crippen molar-refractivity contribution in [2.75, 3.05) is 11.5 Å². The lowest BCUT2D eigenvalue weighted by atomic mass is 10.2. The highest BCUT2D eigenvalue weighted by Gasteiger charge is 2.10. The van der Waals surface area contributed by atoms with Gasteiger partial charge in [-0.15, -0.1) is 10.2 Å². The Morgan fingerprint density at radius 2 is 2.38 bits per heavy atom. The third kappa shape index (κ3) is 3.19. The molecule has 0 radical (unpaired) electrons. The fourth-order valence-electron chi connectivity index (χ4n) is 0.557. The number of nitrogens with two attached hydrogens (primary N) is 2. The Kier molecular flexibility index (Phi) is 3.49. The molecule has 7 heteroatoms. The van der Waals surface area contributed by atoms with E-state index in [0.717, 1.165) is 4.34 Å². The number of primary amides is 1. The molecule has 4 N–H and O–H groups in total. The number of hydrogen-bond acceptors (Lipinski definition) is 6. The number of carbonyl (C=O) groups excluding carboxylic acids is 1. The van der Waals surface area contributed by atoms with Crippen molar-refractivity contribution in [1.82, 2.24) is 10.2 Å². The maximum atomic E-state index is 10.7. The second kappa shape index (κ2) is 4.43. The maximum Gasteiger partial charge on any atom is 0.221 e. The van der Waals surface area contributed by atoms with Crippen LogP contribution < -0.4 is 11.5 Å². The van der Waals surface area contributed by atoms with E-state index >= 15 is 0 Å². The minimum Gasteiger partial charge on any atom is -0.374 e. The van der Waals surface area contributed by atoms with Crippen LogP contribution >= 0.6 is 23.1 Å². The first kappa shape index (κ1) is 10.3. The number of amides is 1. The molecule has 0 aliphatic heterocycles. The Morgan fingerprint density at radius 3 is 2.85 bits per heavy atom. The van der Waals surface area contributed by atoms with Crippen LogP contribution in [0.1, 0.15) is 6.92 Å². The number of nitrogens with zero attached hydrogens (tertiary/aromatic N) is 2. The first-order valence-electron chi connectivity index (χ1n) is 3.60. The molecule has 1 atom stereocenters. The Morgan fingerprint density at radius 1 is 1.69 bits per heavy atom. The molecule has 0 aliphatic carbocycles. The summed E-state index contributed by atoms with van der Waals surface area (Å²) in [6, 6.07) is 0. The van der Waals surface area contributed by atoms with Crippen molar-refractivity contribution < 1.29 is 4.79 Å². The predicted molar refractivity (Wildman–Crippen MR) is 53.4 cm³/mol. The van der Waals surface area contributed by atoms with Crippen LogP contribution in [0, 0.1) is 5.92 Å². The zero-order valence-electron chi connectivity index (χ0n) is 7.06. The van der Waals surface area contributed by atoms with E-state index in [2.05, 4.69) is 10.2 Å². The number of aromatic nitrogens is 2. The average molecular weight is 218 g/mol. The highest BCUT2D eigenvalue weighted by atomic mass is 32.2. The number of rotatable bonds is 4. The molecule has 0 saturated carbocycles. The van der Waals surface area contributed by atoms with E-state index in [4.69, 9.17) is 11.5 Å². The van der Waals surface area contributed by atoms with E-state index in [1.54, 1.807) is 6.92 Å². The Labute approximate surface area is 83.9 Å². The van der Waals surface area contributed by atoms with Crippen LogP contribution in [0.5, 0.6) is 0 Å². The summed E-state index contributed by atoms with van der Waals surface area (Å²) in [5.41, 5.74) is 10.5. The molecule has 1 aromatic heterocycles. The molecule has 1 amide bonds. The SMILES string of the molecule is CC(CSc1nnc(N)s1)C(N)=O. The maximum absolute atomic E-state index is 10.7. The van der Waals surface area contributed by atoms with Gasteiger partial charge in [0, 0.05) is 11.7 Å². The zero-order chi connectivity index (χ0) is 9.84. The van der Waals surface area contributed by atoms with E-state index in [9.17, 15) is 4.79 Å². The lowest BCUT2D eigenvalue weighted by molar-refractivity contribution is -0.120. The van der Waals surface area contributed by atoms with Gasteiger partial charge >= 0.3 is 0 Å². The molecular formula is C6H10N4OS2. The summed E-state index contributed by atoms with van der Waals surface area (Å²) in [6.45, 7) is 1.78. The van der Waals surface area contributed by atoms with Gasteiger partial charge < -0.3 is 11.5 Å². The number of thioether (sulfide) groups is 1. The van der Waals surface area contributed by atoms with Gasteiger partial charge in [-0.05, 0) is 0 Å². The quantitative estimate of drug-likeness (QED) is 0.710. The van der Waals surface area contributed by atoms with Crippen LogP contribution in [-0.2, 0) is 4.79 Å². The van der Waals surface area contributed by atoms with Gasteiger partial charge in [-0.3, -0.25) is 4.79 Å². The normalized spacial score (nSPS) is 12.7. The van der Waals surface area contributed by atoms with Crippen molar-refractivity contribution in [1.29, 1.82) is 0 Å². The van der Waals surface area contributed by atoms with Crippen molar-refractivity contribution in [2.24, 2.45) is 11.7 Å². The molecule has 0 fully saturated rings. The molecule has 13 heavy (non-hydrogen) atoms. The topological polar surface area (TPSA) is 94.9 Å². The smallest absolute Gasteiger partial charge is 0.221 e. The van der Waals surface area contributed by atoms with Gasteiger partial charge in [-0.1, -0.05) is 30.0 Å². The highest BCUT2D eigenvalue weighted by molar-refractivity contribution is 8.01. The van der Waals surface area contributed by atoms with E-state index in [0.29, 0.717) is 10.9 Å². The van der Waals surface area contributed by atoms with Crippen molar-refractivity contribution in [3.05, 3.63) is 0 Å². The Hall–Kier alpha value is -0.820. The number of nitrogen functional groups attached to an aromatic ring is 1. The molecule has 0 bridgehead atoms. The second-order valence-corrected chi connectivity index (χ2v) is 4.80. The molecule has 1 heterocycles. The summed E-state index contributed by atoms with van der Waals surface area (Å²) in [4.78, 5) is 10.7. The van der Waals surface area contributed by atoms with Gasteiger partial charge in [0.05, 0.1) is 0 Å². The monoisotopic (exact) mass is 218 g/mol. The fourth-order valence-corrected chi connectivity index (χ4v) is 2.25. The molecule has 1 unspecified atom stereocenters. The number of carbonyl (C=O) groups is 1. The van der Waals surface area contributed by atoms with Crippen molar-refractivity contribution in [2.45, 2.75) is 11.3 Å². The largest absolute Gasteiger partial charge is 0.374 e. The highest BCUT2D eigenvalue weighted by Crippen LogP contribution is 2.24. The summed E-state index contributed by atoms with van der Waals surface area (Å²) >= 11 is 2.75. The molecule has 0 spiro atoms. The van der Waals surface area contributed by atoms with Crippen LogP contribution in [0.15, 0.2) is 4.34 Å². The van der Waals surface area contributed by atoms with Gasteiger partial charge in [0.25, 0.3) is 0 Å². The molecule has 0 aliphatic rings. The third-order valence-corrected chi connectivity index (χ3v) is 3.51. The first-order chi connectivity index (χ1) is 6.09. The van der Waals surface area contributed by atoms with Gasteiger partial charge in [0.15, 0.2) is 4.34 Å². The van der Waals surface area contributed by atoms with E-state index in [1.165, 1.54) is 23.1 Å². The Bertz CT molecular complexity index is 301. The summed E-state index contributed by atoms with van der Waals surface area (Å²) in [6.07, 6.45) is 0. The zero-order valence-corrected chi connectivity index (χ0v) is 8.69. The molecule has 0 saturated heterocycles. The van der Waals surface area contributed by atoms with Crippen LogP contribution in [0.2, 0.25) is 0 Å². The van der Waals surface area contributed by atoms with Crippen molar-refractivity contribution >= 4 is 34.1 Å². The van der Waals surface area contributed by atoms with Crippen molar-refractivity contribution in [3.8, 4) is 0 Å². The fraction of sp³-hybridized carbons (Fsp3) is 0.500. The molecule has 0 aromatic carbocycles. The molecule has 1 rings (SSSR count). The van der Waals surface area contributed by atoms with E-state index in [-0.39, 0.29) is 11.8 Å². The summed E-state index contributed by atoms with van der Waals surface area (Å²) in [7, 11) is 0. The van der Waals surface area contributed by atoms with Gasteiger partial charge in [0.2, 0.25) is 11.0 Å². The lowest BCUT2D eigenvalue weighted by Crippen LogP contribution is -2.22. The minimum atomic E-state index is -0.301. The second-order valence-electron chi connectivity index (χ2n) is 2.52. The average Bonchev–Trinajstić information content (AvgIpc) is 2.47. The summed E-state index contributed by atoms with van der Waals surface area (Å²) in [5, 5.41) is 7.89. The molecule has 1 aromatic rings. The molecule has 5 nitrogen and oxygen atoms in total. The van der Waals surface area contributed by atoms with Gasteiger partial charge in [-0.2, -0.15) is 0 Å². The van der Waals surface area contributed by atoms with Crippen LogP contribution in [0.4, 0.5) is 5.13 Å².